The normalized spacial score (nSPS) is 10.4. The number of carbonyl (C=O) groups excluding carboxylic acids is 2. The van der Waals surface area contributed by atoms with Crippen LogP contribution in [0.4, 0.5) is 11.4 Å². The second-order valence-corrected chi connectivity index (χ2v) is 6.26. The molecule has 0 spiro atoms. The number of anilines is 2. The lowest BCUT2D eigenvalue weighted by molar-refractivity contribution is -0.120. The minimum Gasteiger partial charge on any atom is -0.311 e. The first kappa shape index (κ1) is 19.7. The first-order chi connectivity index (χ1) is 12.7. The Bertz CT molecular complexity index is 624. The molecule has 2 amide bonds. The predicted octanol–water partition coefficient (Wildman–Crippen LogP) is 4.65. The third kappa shape index (κ3) is 5.45. The molecule has 0 saturated heterocycles. The molecule has 0 heterocycles. The fourth-order valence-corrected chi connectivity index (χ4v) is 2.91. The lowest BCUT2D eigenvalue weighted by atomic mass is 10.2. The zero-order valence-corrected chi connectivity index (χ0v) is 15.7. The van der Waals surface area contributed by atoms with Gasteiger partial charge in [0, 0.05) is 37.3 Å². The van der Waals surface area contributed by atoms with Gasteiger partial charge in [-0.05, 0) is 37.1 Å². The summed E-state index contributed by atoms with van der Waals surface area (Å²) in [6.45, 7) is 4.96. The third-order valence-electron chi connectivity index (χ3n) is 4.21. The third-order valence-corrected chi connectivity index (χ3v) is 4.21. The van der Waals surface area contributed by atoms with E-state index in [0.29, 0.717) is 25.9 Å². The molecule has 0 unspecified atom stereocenters. The molecule has 0 N–H and O–H groups in total. The van der Waals surface area contributed by atoms with Crippen molar-refractivity contribution in [3.05, 3.63) is 60.7 Å². The molecule has 2 rings (SSSR count). The van der Waals surface area contributed by atoms with Crippen LogP contribution in [0.2, 0.25) is 0 Å². The summed E-state index contributed by atoms with van der Waals surface area (Å²) < 4.78 is 0. The Morgan fingerprint density at radius 2 is 1.00 bits per heavy atom. The van der Waals surface area contributed by atoms with Crippen molar-refractivity contribution in [1.82, 2.24) is 0 Å². The van der Waals surface area contributed by atoms with Crippen LogP contribution in [0.15, 0.2) is 60.7 Å². The van der Waals surface area contributed by atoms with Crippen molar-refractivity contribution < 1.29 is 9.59 Å². The van der Waals surface area contributed by atoms with Crippen LogP contribution < -0.4 is 9.80 Å². The lowest BCUT2D eigenvalue weighted by Crippen LogP contribution is -2.41. The fraction of sp³-hybridized carbons (Fsp3) is 0.364. The molecule has 0 bridgehead atoms. The molecule has 4 nitrogen and oxygen atoms in total. The molecule has 0 aliphatic heterocycles. The van der Waals surface area contributed by atoms with Crippen molar-refractivity contribution in [2.45, 2.75) is 39.5 Å². The summed E-state index contributed by atoms with van der Waals surface area (Å²) in [5.41, 5.74) is 1.75. The first-order valence-corrected chi connectivity index (χ1v) is 9.38. The summed E-state index contributed by atoms with van der Waals surface area (Å²) in [5, 5.41) is 0. The topological polar surface area (TPSA) is 40.6 Å². The Balaban J connectivity index is 2.19. The summed E-state index contributed by atoms with van der Waals surface area (Å²) in [5.74, 6) is 0.185. The number of para-hydroxylation sites is 2. The Labute approximate surface area is 156 Å². The average Bonchev–Trinajstić information content (AvgIpc) is 2.67. The van der Waals surface area contributed by atoms with E-state index in [-0.39, 0.29) is 11.8 Å². The minimum absolute atomic E-state index is 0.0923. The smallest absolute Gasteiger partial charge is 0.227 e. The maximum absolute atomic E-state index is 12.6. The van der Waals surface area contributed by atoms with Gasteiger partial charge in [0.05, 0.1) is 0 Å². The second-order valence-electron chi connectivity index (χ2n) is 6.26. The van der Waals surface area contributed by atoms with Gasteiger partial charge in [-0.1, -0.05) is 50.2 Å². The van der Waals surface area contributed by atoms with Crippen LogP contribution in [-0.4, -0.2) is 24.9 Å². The number of amides is 2. The van der Waals surface area contributed by atoms with E-state index < -0.39 is 0 Å². The van der Waals surface area contributed by atoms with Gasteiger partial charge in [0.25, 0.3) is 0 Å². The highest BCUT2D eigenvalue weighted by Gasteiger charge is 2.19. The second kappa shape index (κ2) is 10.4. The maximum atomic E-state index is 12.6. The van der Waals surface area contributed by atoms with Gasteiger partial charge in [0.2, 0.25) is 11.8 Å². The highest BCUT2D eigenvalue weighted by Crippen LogP contribution is 2.18. The summed E-state index contributed by atoms with van der Waals surface area (Å²) in [7, 11) is 0. The molecular formula is C22H28N2O2. The molecule has 0 aromatic heterocycles. The number of hydrogen-bond acceptors (Lipinski definition) is 2. The maximum Gasteiger partial charge on any atom is 0.227 e. The van der Waals surface area contributed by atoms with Crippen molar-refractivity contribution in [2.24, 2.45) is 0 Å². The van der Waals surface area contributed by atoms with Gasteiger partial charge < -0.3 is 9.80 Å². The van der Waals surface area contributed by atoms with Crippen LogP contribution in [0.1, 0.15) is 39.5 Å². The van der Waals surface area contributed by atoms with E-state index in [0.717, 1.165) is 24.2 Å². The van der Waals surface area contributed by atoms with E-state index in [2.05, 4.69) is 0 Å². The Morgan fingerprint density at radius 1 is 0.654 bits per heavy atom. The van der Waals surface area contributed by atoms with E-state index in [1.165, 1.54) is 0 Å². The quantitative estimate of drug-likeness (QED) is 0.659. The molecule has 0 atom stereocenters. The molecule has 0 aliphatic carbocycles. The fourth-order valence-electron chi connectivity index (χ4n) is 2.91. The largest absolute Gasteiger partial charge is 0.311 e. The summed E-state index contributed by atoms with van der Waals surface area (Å²) in [6.07, 6.45) is 2.62. The number of nitrogens with zero attached hydrogens (tertiary/aromatic N) is 2. The van der Waals surface area contributed by atoms with E-state index in [4.69, 9.17) is 0 Å². The molecule has 0 radical (unpaired) electrons. The van der Waals surface area contributed by atoms with Gasteiger partial charge in [-0.25, -0.2) is 0 Å². The summed E-state index contributed by atoms with van der Waals surface area (Å²) in [4.78, 5) is 28.8. The SMILES string of the molecule is CCCC(=O)N(CCN(C(=O)CCC)c1ccccc1)c1ccccc1. The van der Waals surface area contributed by atoms with Gasteiger partial charge in [0.15, 0.2) is 0 Å². The number of hydrogen-bond donors (Lipinski definition) is 0. The standard InChI is InChI=1S/C22H28N2O2/c1-3-11-21(25)23(19-13-7-5-8-14-19)17-18-24(22(26)12-4-2)20-15-9-6-10-16-20/h5-10,13-16H,3-4,11-12,17-18H2,1-2H3. The summed E-state index contributed by atoms with van der Waals surface area (Å²) in [6, 6.07) is 19.3. The van der Waals surface area contributed by atoms with Gasteiger partial charge >= 0.3 is 0 Å². The highest BCUT2D eigenvalue weighted by atomic mass is 16.2. The minimum atomic E-state index is 0.0923. The van der Waals surface area contributed by atoms with Crippen molar-refractivity contribution in [3.8, 4) is 0 Å². The highest BCUT2D eigenvalue weighted by molar-refractivity contribution is 5.95. The predicted molar refractivity (Wildman–Crippen MR) is 107 cm³/mol. The molecule has 0 fully saturated rings. The van der Waals surface area contributed by atoms with Gasteiger partial charge in [-0.15, -0.1) is 0 Å². The molecule has 26 heavy (non-hydrogen) atoms. The van der Waals surface area contributed by atoms with Gasteiger partial charge in [-0.3, -0.25) is 9.59 Å². The van der Waals surface area contributed by atoms with Crippen molar-refractivity contribution in [1.29, 1.82) is 0 Å². The van der Waals surface area contributed by atoms with Crippen molar-refractivity contribution in [3.63, 3.8) is 0 Å². The number of benzene rings is 2. The molecule has 2 aromatic carbocycles. The van der Waals surface area contributed by atoms with Crippen molar-refractivity contribution in [2.75, 3.05) is 22.9 Å². The zero-order chi connectivity index (χ0) is 18.8. The van der Waals surface area contributed by atoms with Crippen LogP contribution in [-0.2, 0) is 9.59 Å². The Morgan fingerprint density at radius 3 is 1.31 bits per heavy atom. The molecule has 138 valence electrons. The van der Waals surface area contributed by atoms with Gasteiger partial charge in [0.1, 0.15) is 0 Å². The average molecular weight is 352 g/mol. The molecule has 0 saturated carbocycles. The first-order valence-electron chi connectivity index (χ1n) is 9.38. The van der Waals surface area contributed by atoms with E-state index in [1.807, 2.05) is 74.5 Å². The van der Waals surface area contributed by atoms with E-state index >= 15 is 0 Å². The molecule has 4 heteroatoms. The van der Waals surface area contributed by atoms with Gasteiger partial charge in [-0.2, -0.15) is 0 Å². The zero-order valence-electron chi connectivity index (χ0n) is 15.7. The Hall–Kier alpha value is -2.62. The number of carbonyl (C=O) groups is 2. The summed E-state index contributed by atoms with van der Waals surface area (Å²) >= 11 is 0. The van der Waals surface area contributed by atoms with E-state index in [9.17, 15) is 9.59 Å². The van der Waals surface area contributed by atoms with Crippen LogP contribution in [0.3, 0.4) is 0 Å². The van der Waals surface area contributed by atoms with Crippen LogP contribution in [0.5, 0.6) is 0 Å². The van der Waals surface area contributed by atoms with E-state index in [1.54, 1.807) is 9.80 Å². The van der Waals surface area contributed by atoms with Crippen molar-refractivity contribution >= 4 is 23.2 Å². The number of rotatable bonds is 9. The molecular weight excluding hydrogens is 324 g/mol. The van der Waals surface area contributed by atoms with Crippen LogP contribution in [0, 0.1) is 0 Å². The monoisotopic (exact) mass is 352 g/mol. The molecule has 2 aromatic rings. The Kier molecular flexibility index (Phi) is 7.87. The van der Waals surface area contributed by atoms with Crippen LogP contribution >= 0.6 is 0 Å². The molecule has 0 aliphatic rings. The van der Waals surface area contributed by atoms with Crippen LogP contribution in [0.25, 0.3) is 0 Å². The lowest BCUT2D eigenvalue weighted by Gasteiger charge is -2.28.